The van der Waals surface area contributed by atoms with Gasteiger partial charge in [-0.25, -0.2) is 0 Å². The molecule has 108 valence electrons. The van der Waals surface area contributed by atoms with Gasteiger partial charge >= 0.3 is 0 Å². The maximum Gasteiger partial charge on any atom is 0.0931 e. The lowest BCUT2D eigenvalue weighted by Crippen LogP contribution is -2.24. The first-order valence-electron chi connectivity index (χ1n) is 6.68. The molecule has 3 heterocycles. The van der Waals surface area contributed by atoms with Gasteiger partial charge in [-0.05, 0) is 42.1 Å². The zero-order valence-corrected chi connectivity index (χ0v) is 13.9. The third kappa shape index (κ3) is 3.52. The molecule has 0 aromatic carbocycles. The van der Waals surface area contributed by atoms with E-state index in [4.69, 9.17) is 11.6 Å². The Kier molecular flexibility index (Phi) is 4.70. The molecular weight excluding hydrogens is 320 g/mol. The van der Waals surface area contributed by atoms with Gasteiger partial charge in [-0.2, -0.15) is 0 Å². The van der Waals surface area contributed by atoms with Gasteiger partial charge in [0.2, 0.25) is 0 Å². The van der Waals surface area contributed by atoms with Gasteiger partial charge in [0.05, 0.1) is 10.4 Å². The van der Waals surface area contributed by atoms with Crippen LogP contribution in [0.1, 0.15) is 34.3 Å². The molecule has 0 spiro atoms. The quantitative estimate of drug-likeness (QED) is 0.685. The summed E-state index contributed by atoms with van der Waals surface area (Å²) in [5.41, 5.74) is 1.18. The highest BCUT2D eigenvalue weighted by atomic mass is 35.5. The number of hydrogen-bond donors (Lipinski definition) is 1. The van der Waals surface area contributed by atoms with E-state index in [1.165, 1.54) is 15.3 Å². The molecule has 1 N–H and O–H groups in total. The van der Waals surface area contributed by atoms with Crippen molar-refractivity contribution in [3.8, 4) is 0 Å². The van der Waals surface area contributed by atoms with E-state index in [-0.39, 0.29) is 12.1 Å². The largest absolute Gasteiger partial charge is 0.298 e. The predicted molar refractivity (Wildman–Crippen MR) is 91.3 cm³/mol. The number of hydrogen-bond acceptors (Lipinski definition) is 4. The van der Waals surface area contributed by atoms with Crippen molar-refractivity contribution in [3.05, 3.63) is 73.8 Å². The van der Waals surface area contributed by atoms with Crippen LogP contribution in [0.25, 0.3) is 0 Å². The van der Waals surface area contributed by atoms with Crippen LogP contribution in [0, 0.1) is 0 Å². The first-order chi connectivity index (χ1) is 10.2. The van der Waals surface area contributed by atoms with Gasteiger partial charge in [0, 0.05) is 28.2 Å². The molecule has 0 aliphatic rings. The lowest BCUT2D eigenvalue weighted by Gasteiger charge is -2.22. The standard InChI is InChI=1S/C16H15ClN2S2/c1-11(12-4-2-8-18-10-12)19-16(13-5-3-9-20-13)14-6-7-15(17)21-14/h2-11,16,19H,1H3/t11-,16?/m0/s1. The van der Waals surface area contributed by atoms with Crippen LogP contribution in [-0.4, -0.2) is 4.98 Å². The Balaban J connectivity index is 1.86. The molecule has 21 heavy (non-hydrogen) atoms. The van der Waals surface area contributed by atoms with Crippen LogP contribution in [0.4, 0.5) is 0 Å². The fraction of sp³-hybridized carbons (Fsp3) is 0.188. The van der Waals surface area contributed by atoms with Crippen molar-refractivity contribution in [2.24, 2.45) is 0 Å². The molecule has 3 rings (SSSR count). The summed E-state index contributed by atoms with van der Waals surface area (Å²) in [5, 5.41) is 5.79. The molecule has 3 aromatic rings. The predicted octanol–water partition coefficient (Wildman–Crippen LogP) is 5.30. The summed E-state index contributed by atoms with van der Waals surface area (Å²) in [6.07, 6.45) is 3.70. The Morgan fingerprint density at radius 3 is 2.67 bits per heavy atom. The summed E-state index contributed by atoms with van der Waals surface area (Å²) < 4.78 is 0.822. The summed E-state index contributed by atoms with van der Waals surface area (Å²) in [5.74, 6) is 0. The van der Waals surface area contributed by atoms with Crippen LogP contribution in [0.2, 0.25) is 4.34 Å². The number of nitrogens with zero attached hydrogens (tertiary/aromatic N) is 1. The Bertz CT molecular complexity index is 679. The van der Waals surface area contributed by atoms with Gasteiger partial charge < -0.3 is 0 Å². The minimum absolute atomic E-state index is 0.165. The average Bonchev–Trinajstić information content (AvgIpc) is 3.17. The second kappa shape index (κ2) is 6.71. The van der Waals surface area contributed by atoms with E-state index in [9.17, 15) is 0 Å². The maximum atomic E-state index is 6.10. The number of pyridine rings is 1. The van der Waals surface area contributed by atoms with E-state index < -0.39 is 0 Å². The normalized spacial score (nSPS) is 14.0. The Hall–Kier alpha value is -1.20. The zero-order valence-electron chi connectivity index (χ0n) is 11.5. The van der Waals surface area contributed by atoms with E-state index in [2.05, 4.69) is 46.9 Å². The average molecular weight is 335 g/mol. The van der Waals surface area contributed by atoms with E-state index in [0.717, 1.165) is 4.34 Å². The van der Waals surface area contributed by atoms with E-state index >= 15 is 0 Å². The molecule has 2 nitrogen and oxygen atoms in total. The van der Waals surface area contributed by atoms with Gasteiger partial charge in [0.15, 0.2) is 0 Å². The first-order valence-corrected chi connectivity index (χ1v) is 8.76. The van der Waals surface area contributed by atoms with Crippen molar-refractivity contribution >= 4 is 34.3 Å². The first kappa shape index (κ1) is 14.7. The van der Waals surface area contributed by atoms with Crippen molar-refractivity contribution in [1.82, 2.24) is 10.3 Å². The molecule has 2 atom stereocenters. The van der Waals surface area contributed by atoms with Crippen LogP contribution < -0.4 is 5.32 Å². The molecule has 1 unspecified atom stereocenters. The zero-order chi connectivity index (χ0) is 14.7. The third-order valence-corrected chi connectivity index (χ3v) is 5.54. The van der Waals surface area contributed by atoms with E-state index in [1.54, 1.807) is 28.9 Å². The minimum atomic E-state index is 0.165. The van der Waals surface area contributed by atoms with Crippen molar-refractivity contribution in [1.29, 1.82) is 0 Å². The fourth-order valence-electron chi connectivity index (χ4n) is 2.22. The molecular formula is C16H15ClN2S2. The lowest BCUT2D eigenvalue weighted by atomic mass is 10.1. The smallest absolute Gasteiger partial charge is 0.0931 e. The van der Waals surface area contributed by atoms with Crippen LogP contribution in [0.15, 0.2) is 54.2 Å². The summed E-state index contributed by atoms with van der Waals surface area (Å²) >= 11 is 9.49. The SMILES string of the molecule is C[C@H](NC(c1cccs1)c1ccc(Cl)s1)c1cccnc1. The van der Waals surface area contributed by atoms with Crippen molar-refractivity contribution in [2.45, 2.75) is 19.0 Å². The summed E-state index contributed by atoms with van der Waals surface area (Å²) in [6.45, 7) is 2.16. The van der Waals surface area contributed by atoms with Gasteiger partial charge in [-0.3, -0.25) is 10.3 Å². The number of nitrogens with one attached hydrogen (secondary N) is 1. The van der Waals surface area contributed by atoms with E-state index in [0.29, 0.717) is 0 Å². The summed E-state index contributed by atoms with van der Waals surface area (Å²) in [7, 11) is 0. The number of rotatable bonds is 5. The molecule has 0 amide bonds. The second-order valence-corrected chi connectivity index (χ2v) is 7.49. The summed E-state index contributed by atoms with van der Waals surface area (Å²) in [4.78, 5) is 6.73. The molecule has 5 heteroatoms. The topological polar surface area (TPSA) is 24.9 Å². The maximum absolute atomic E-state index is 6.10. The molecule has 0 bridgehead atoms. The molecule has 0 radical (unpaired) electrons. The third-order valence-electron chi connectivity index (χ3n) is 3.31. The van der Waals surface area contributed by atoms with Gasteiger partial charge in [0.1, 0.15) is 0 Å². The Morgan fingerprint density at radius 1 is 1.14 bits per heavy atom. The Labute approximate surface area is 137 Å². The molecule has 3 aromatic heterocycles. The molecule has 0 saturated heterocycles. The number of aromatic nitrogens is 1. The van der Waals surface area contributed by atoms with Crippen LogP contribution >= 0.6 is 34.3 Å². The van der Waals surface area contributed by atoms with Crippen LogP contribution in [0.5, 0.6) is 0 Å². The summed E-state index contributed by atoms with van der Waals surface area (Å²) in [6, 6.07) is 12.7. The van der Waals surface area contributed by atoms with Gasteiger partial charge in [0.25, 0.3) is 0 Å². The highest BCUT2D eigenvalue weighted by Gasteiger charge is 2.20. The number of halogens is 1. The van der Waals surface area contributed by atoms with E-state index in [1.807, 2.05) is 18.3 Å². The van der Waals surface area contributed by atoms with Gasteiger partial charge in [-0.1, -0.05) is 23.7 Å². The van der Waals surface area contributed by atoms with Crippen LogP contribution in [-0.2, 0) is 0 Å². The van der Waals surface area contributed by atoms with Gasteiger partial charge in [-0.15, -0.1) is 22.7 Å². The second-order valence-electron chi connectivity index (χ2n) is 4.77. The molecule has 0 saturated carbocycles. The van der Waals surface area contributed by atoms with Crippen molar-refractivity contribution < 1.29 is 0 Å². The number of thiophene rings is 2. The molecule has 0 aliphatic carbocycles. The minimum Gasteiger partial charge on any atom is -0.298 e. The van der Waals surface area contributed by atoms with Crippen LogP contribution in [0.3, 0.4) is 0 Å². The highest BCUT2D eigenvalue weighted by molar-refractivity contribution is 7.16. The van der Waals surface area contributed by atoms with Crippen molar-refractivity contribution in [3.63, 3.8) is 0 Å². The Morgan fingerprint density at radius 2 is 2.05 bits per heavy atom. The van der Waals surface area contributed by atoms with Crippen molar-refractivity contribution in [2.75, 3.05) is 0 Å². The molecule has 0 aliphatic heterocycles. The monoisotopic (exact) mass is 334 g/mol. The molecule has 0 fully saturated rings. The fourth-order valence-corrected chi connectivity index (χ4v) is 4.24. The highest BCUT2D eigenvalue weighted by Crippen LogP contribution is 2.34. The lowest BCUT2D eigenvalue weighted by molar-refractivity contribution is 0.525.